The van der Waals surface area contributed by atoms with Crippen molar-refractivity contribution >= 4 is 35.0 Å². The summed E-state index contributed by atoms with van der Waals surface area (Å²) in [7, 11) is 0. The second-order valence-corrected chi connectivity index (χ2v) is 7.58. The number of hydrogen-bond acceptors (Lipinski definition) is 4. The van der Waals surface area contributed by atoms with Crippen LogP contribution in [0.2, 0.25) is 10.0 Å². The van der Waals surface area contributed by atoms with Crippen molar-refractivity contribution in [2.45, 2.75) is 19.5 Å². The number of rotatable bonds is 5. The molecule has 1 unspecified atom stereocenters. The molecule has 2 aromatic rings. The van der Waals surface area contributed by atoms with E-state index in [2.05, 4.69) is 5.32 Å². The highest BCUT2D eigenvalue weighted by molar-refractivity contribution is 6.42. The van der Waals surface area contributed by atoms with E-state index in [9.17, 15) is 9.59 Å². The molecule has 2 aliphatic rings. The van der Waals surface area contributed by atoms with Crippen LogP contribution in [0.3, 0.4) is 0 Å². The van der Waals surface area contributed by atoms with Gasteiger partial charge in [0, 0.05) is 26.1 Å². The first-order valence-electron chi connectivity index (χ1n) is 8.88. The van der Waals surface area contributed by atoms with Gasteiger partial charge >= 0.3 is 0 Å². The molecule has 146 valence electrons. The lowest BCUT2D eigenvalue weighted by atomic mass is 10.1. The molecule has 6 nitrogen and oxygen atoms in total. The van der Waals surface area contributed by atoms with Crippen molar-refractivity contribution in [3.8, 4) is 11.5 Å². The second kappa shape index (κ2) is 7.89. The Hall–Kier alpha value is -2.44. The second-order valence-electron chi connectivity index (χ2n) is 6.79. The molecule has 1 saturated heterocycles. The predicted octanol–water partition coefficient (Wildman–Crippen LogP) is 3.39. The van der Waals surface area contributed by atoms with E-state index in [-0.39, 0.29) is 37.5 Å². The number of fused-ring (bicyclic) bond motifs is 1. The van der Waals surface area contributed by atoms with Gasteiger partial charge in [0.2, 0.25) is 18.6 Å². The molecule has 0 radical (unpaired) electrons. The summed E-state index contributed by atoms with van der Waals surface area (Å²) in [5, 5.41) is 3.72. The largest absolute Gasteiger partial charge is 0.454 e. The standard InChI is InChI=1S/C20H18Cl2N2O4/c21-15-3-1-2-13(19(15)22)8-23-20(26)14-7-18(25)24(10-14)9-12-4-5-16-17(6-12)28-11-27-16/h1-6,14H,7-11H2,(H,23,26). The quantitative estimate of drug-likeness (QED) is 0.804. The summed E-state index contributed by atoms with van der Waals surface area (Å²) in [6.07, 6.45) is 0.194. The number of carbonyl (C=O) groups is 2. The van der Waals surface area contributed by atoms with E-state index in [0.717, 1.165) is 11.1 Å². The third kappa shape index (κ3) is 3.88. The van der Waals surface area contributed by atoms with E-state index in [1.807, 2.05) is 18.2 Å². The number of amides is 2. The highest BCUT2D eigenvalue weighted by Crippen LogP contribution is 2.33. The molecule has 0 aromatic heterocycles. The molecule has 0 bridgehead atoms. The lowest BCUT2D eigenvalue weighted by Crippen LogP contribution is -2.32. The lowest BCUT2D eigenvalue weighted by Gasteiger charge is -2.17. The van der Waals surface area contributed by atoms with E-state index >= 15 is 0 Å². The molecule has 2 aromatic carbocycles. The molecule has 4 rings (SSSR count). The molecule has 8 heteroatoms. The van der Waals surface area contributed by atoms with Crippen molar-refractivity contribution in [1.29, 1.82) is 0 Å². The topological polar surface area (TPSA) is 67.9 Å². The van der Waals surface area contributed by atoms with Crippen molar-refractivity contribution in [2.75, 3.05) is 13.3 Å². The molecule has 0 aliphatic carbocycles. The van der Waals surface area contributed by atoms with Gasteiger partial charge in [0.05, 0.1) is 16.0 Å². The van der Waals surface area contributed by atoms with E-state index in [1.165, 1.54) is 0 Å². The van der Waals surface area contributed by atoms with Crippen molar-refractivity contribution in [3.05, 3.63) is 57.6 Å². The van der Waals surface area contributed by atoms with Crippen LogP contribution in [-0.2, 0) is 22.7 Å². The molecule has 1 N–H and O–H groups in total. The summed E-state index contributed by atoms with van der Waals surface area (Å²) in [5.41, 5.74) is 1.67. The predicted molar refractivity (Wildman–Crippen MR) is 104 cm³/mol. The molecule has 28 heavy (non-hydrogen) atoms. The van der Waals surface area contributed by atoms with E-state index in [0.29, 0.717) is 34.6 Å². The molecular weight excluding hydrogens is 403 g/mol. The van der Waals surface area contributed by atoms with Crippen LogP contribution in [0.5, 0.6) is 11.5 Å². The molecule has 0 saturated carbocycles. The average Bonchev–Trinajstić information content (AvgIpc) is 3.29. The molecule has 2 heterocycles. The zero-order chi connectivity index (χ0) is 19.7. The molecule has 2 amide bonds. The number of halogens is 2. The van der Waals surface area contributed by atoms with Crippen LogP contribution in [0, 0.1) is 5.92 Å². The van der Waals surface area contributed by atoms with Crippen molar-refractivity contribution < 1.29 is 19.1 Å². The maximum absolute atomic E-state index is 12.5. The van der Waals surface area contributed by atoms with Crippen molar-refractivity contribution in [1.82, 2.24) is 10.2 Å². The van der Waals surface area contributed by atoms with Crippen LogP contribution in [0.15, 0.2) is 36.4 Å². The van der Waals surface area contributed by atoms with Crippen LogP contribution < -0.4 is 14.8 Å². The van der Waals surface area contributed by atoms with Crippen LogP contribution in [0.1, 0.15) is 17.5 Å². The summed E-state index contributed by atoms with van der Waals surface area (Å²) in [6, 6.07) is 10.9. The summed E-state index contributed by atoms with van der Waals surface area (Å²) < 4.78 is 10.7. The van der Waals surface area contributed by atoms with Crippen molar-refractivity contribution in [3.63, 3.8) is 0 Å². The van der Waals surface area contributed by atoms with Gasteiger partial charge in [0.25, 0.3) is 0 Å². The first-order valence-corrected chi connectivity index (χ1v) is 9.64. The van der Waals surface area contributed by atoms with Gasteiger partial charge in [-0.1, -0.05) is 41.4 Å². The van der Waals surface area contributed by atoms with Gasteiger partial charge < -0.3 is 19.7 Å². The SMILES string of the molecule is O=C(NCc1cccc(Cl)c1Cl)C1CC(=O)N(Cc2ccc3c(c2)OCO3)C1. The number of hydrogen-bond donors (Lipinski definition) is 1. The number of nitrogens with one attached hydrogen (secondary N) is 1. The van der Waals surface area contributed by atoms with Gasteiger partial charge in [0.15, 0.2) is 11.5 Å². The highest BCUT2D eigenvalue weighted by Gasteiger charge is 2.34. The third-order valence-electron chi connectivity index (χ3n) is 4.88. The van der Waals surface area contributed by atoms with Gasteiger partial charge in [-0.3, -0.25) is 9.59 Å². The Labute approximate surface area is 172 Å². The van der Waals surface area contributed by atoms with E-state index < -0.39 is 0 Å². The smallest absolute Gasteiger partial charge is 0.231 e. The van der Waals surface area contributed by atoms with Crippen LogP contribution in [0.25, 0.3) is 0 Å². The number of ether oxygens (including phenoxy) is 2. The van der Waals surface area contributed by atoms with Gasteiger partial charge in [-0.2, -0.15) is 0 Å². The Balaban J connectivity index is 1.35. The highest BCUT2D eigenvalue weighted by atomic mass is 35.5. The average molecular weight is 421 g/mol. The summed E-state index contributed by atoms with van der Waals surface area (Å²) in [4.78, 5) is 26.5. The first-order chi connectivity index (χ1) is 13.5. The Kier molecular flexibility index (Phi) is 5.33. The van der Waals surface area contributed by atoms with Crippen molar-refractivity contribution in [2.24, 2.45) is 5.92 Å². The summed E-state index contributed by atoms with van der Waals surface area (Å²) in [6.45, 7) is 1.28. The third-order valence-corrected chi connectivity index (χ3v) is 5.74. The molecular formula is C20H18Cl2N2O4. The fourth-order valence-corrected chi connectivity index (χ4v) is 3.76. The van der Waals surface area contributed by atoms with Gasteiger partial charge in [-0.15, -0.1) is 0 Å². The summed E-state index contributed by atoms with van der Waals surface area (Å²) in [5.74, 6) is 0.779. The molecule has 1 fully saturated rings. The number of nitrogens with zero attached hydrogens (tertiary/aromatic N) is 1. The van der Waals surface area contributed by atoms with Gasteiger partial charge in [-0.05, 0) is 29.3 Å². The zero-order valence-electron chi connectivity index (χ0n) is 14.9. The minimum atomic E-state index is -0.389. The Bertz CT molecular complexity index is 934. The number of carbonyl (C=O) groups excluding carboxylic acids is 2. The van der Waals surface area contributed by atoms with Crippen LogP contribution in [0.4, 0.5) is 0 Å². The fraction of sp³-hybridized carbons (Fsp3) is 0.300. The van der Waals surface area contributed by atoms with E-state index in [4.69, 9.17) is 32.7 Å². The fourth-order valence-electron chi connectivity index (χ4n) is 3.37. The zero-order valence-corrected chi connectivity index (χ0v) is 16.4. The van der Waals surface area contributed by atoms with Crippen LogP contribution in [-0.4, -0.2) is 30.1 Å². The molecule has 1 atom stereocenters. The van der Waals surface area contributed by atoms with Gasteiger partial charge in [0.1, 0.15) is 0 Å². The Morgan fingerprint density at radius 2 is 2.00 bits per heavy atom. The normalized spacial score (nSPS) is 17.9. The number of likely N-dealkylation sites (tertiary alicyclic amines) is 1. The minimum absolute atomic E-state index is 0.0430. The minimum Gasteiger partial charge on any atom is -0.454 e. The monoisotopic (exact) mass is 420 g/mol. The first kappa shape index (κ1) is 18.9. The lowest BCUT2D eigenvalue weighted by molar-refractivity contribution is -0.129. The maximum Gasteiger partial charge on any atom is 0.231 e. The maximum atomic E-state index is 12.5. The van der Waals surface area contributed by atoms with Gasteiger partial charge in [-0.25, -0.2) is 0 Å². The molecule has 0 spiro atoms. The Morgan fingerprint density at radius 1 is 1.18 bits per heavy atom. The number of benzene rings is 2. The Morgan fingerprint density at radius 3 is 2.86 bits per heavy atom. The van der Waals surface area contributed by atoms with E-state index in [1.54, 1.807) is 23.1 Å². The molecule has 2 aliphatic heterocycles. The summed E-state index contributed by atoms with van der Waals surface area (Å²) >= 11 is 12.1. The van der Waals surface area contributed by atoms with Crippen LogP contribution >= 0.6 is 23.2 Å².